The fourth-order valence-electron chi connectivity index (χ4n) is 3.26. The van der Waals surface area contributed by atoms with Crippen molar-refractivity contribution in [1.29, 1.82) is 0 Å². The summed E-state index contributed by atoms with van der Waals surface area (Å²) < 4.78 is 80.7. The van der Waals surface area contributed by atoms with Crippen molar-refractivity contribution < 1.29 is 35.9 Å². The van der Waals surface area contributed by atoms with Crippen molar-refractivity contribution in [3.63, 3.8) is 0 Å². The summed E-state index contributed by atoms with van der Waals surface area (Å²) in [4.78, 5) is 24.2. The zero-order valence-electron chi connectivity index (χ0n) is 19.6. The van der Waals surface area contributed by atoms with Crippen molar-refractivity contribution in [2.24, 2.45) is 0 Å². The first-order chi connectivity index (χ1) is 17.4. The van der Waals surface area contributed by atoms with Gasteiger partial charge >= 0.3 is 6.18 Å². The molecular weight excluding hydrogens is 649 g/mol. The molecule has 0 aromatic heterocycles. The van der Waals surface area contributed by atoms with E-state index in [0.717, 1.165) is 12.1 Å². The van der Waals surface area contributed by atoms with Crippen LogP contribution in [0.25, 0.3) is 5.83 Å². The van der Waals surface area contributed by atoms with Gasteiger partial charge in [-0.2, -0.15) is 13.2 Å². The highest BCUT2D eigenvalue weighted by Crippen LogP contribution is 2.41. The molecule has 0 saturated heterocycles. The van der Waals surface area contributed by atoms with Crippen LogP contribution in [-0.4, -0.2) is 30.1 Å². The van der Waals surface area contributed by atoms with E-state index in [4.69, 9.17) is 34.8 Å². The molecule has 38 heavy (non-hydrogen) atoms. The molecule has 2 aromatic rings. The molecule has 2 unspecified atom stereocenters. The van der Waals surface area contributed by atoms with Crippen LogP contribution in [-0.2, 0) is 4.79 Å². The number of nitrogens with one attached hydrogen (secondary N) is 2. The molecule has 2 atom stereocenters. The summed E-state index contributed by atoms with van der Waals surface area (Å²) in [5.41, 5.74) is -0.220. The fraction of sp³-hybridized carbons (Fsp3) is 0.333. The van der Waals surface area contributed by atoms with E-state index in [0.29, 0.717) is 13.0 Å². The van der Waals surface area contributed by atoms with Gasteiger partial charge in [-0.3, -0.25) is 9.59 Å². The van der Waals surface area contributed by atoms with Crippen molar-refractivity contribution >= 4 is 68.4 Å². The Morgan fingerprint density at radius 2 is 1.61 bits per heavy atom. The zero-order chi connectivity index (χ0) is 29.0. The molecular formula is C24H20BrCl3F6N2O2. The maximum Gasteiger partial charge on any atom is 0.389 e. The maximum atomic E-state index is 15.1. The molecule has 4 nitrogen and oxygen atoms in total. The summed E-state index contributed by atoms with van der Waals surface area (Å²) >= 11 is 20.9. The van der Waals surface area contributed by atoms with E-state index in [9.17, 15) is 31.5 Å². The first-order valence-electron chi connectivity index (χ1n) is 10.8. The average molecular weight is 669 g/mol. The number of carbonyl (C=O) groups excluding carboxylic acids is 2. The average Bonchev–Trinajstić information content (AvgIpc) is 2.77. The predicted molar refractivity (Wildman–Crippen MR) is 138 cm³/mol. The van der Waals surface area contributed by atoms with Crippen LogP contribution < -0.4 is 10.6 Å². The summed E-state index contributed by atoms with van der Waals surface area (Å²) in [6.07, 6.45) is -6.94. The van der Waals surface area contributed by atoms with Gasteiger partial charge in [0, 0.05) is 23.4 Å². The van der Waals surface area contributed by atoms with Gasteiger partial charge < -0.3 is 10.6 Å². The smallest absolute Gasteiger partial charge is 0.336 e. The normalized spacial score (nSPS) is 14.2. The Hall–Kier alpha value is -1.95. The number of benzene rings is 2. The standard InChI is InChI=1S/C24H20BrCl3F6N2O2/c1-11(35-20(37)5-6-24(32,33)34)36-22(38)14-4-3-12(7-16(14)25)19(29)10-15(23(2,30)31)13-8-17(26)21(28)18(27)9-13/h3-4,7-11,15H,5-6H2,1-2H3,(H,35,37)(H,36,38)/b19-10-. The van der Waals surface area contributed by atoms with E-state index in [2.05, 4.69) is 26.6 Å². The molecule has 208 valence electrons. The number of alkyl halides is 5. The van der Waals surface area contributed by atoms with Crippen LogP contribution in [0.4, 0.5) is 26.3 Å². The molecule has 2 aromatic carbocycles. The van der Waals surface area contributed by atoms with Crippen molar-refractivity contribution in [3.8, 4) is 0 Å². The first kappa shape index (κ1) is 32.3. The van der Waals surface area contributed by atoms with E-state index < -0.39 is 54.7 Å². The minimum absolute atomic E-state index is 0.00780. The van der Waals surface area contributed by atoms with Gasteiger partial charge in [0.05, 0.1) is 39.1 Å². The van der Waals surface area contributed by atoms with Crippen molar-refractivity contribution in [3.05, 3.63) is 72.6 Å². The van der Waals surface area contributed by atoms with E-state index in [1.807, 2.05) is 0 Å². The molecule has 0 saturated carbocycles. The summed E-state index contributed by atoms with van der Waals surface area (Å²) in [6.45, 7) is 1.94. The number of rotatable bonds is 9. The molecule has 14 heteroatoms. The molecule has 0 aliphatic rings. The highest BCUT2D eigenvalue weighted by Gasteiger charge is 2.35. The van der Waals surface area contributed by atoms with E-state index in [1.54, 1.807) is 0 Å². The van der Waals surface area contributed by atoms with Gasteiger partial charge in [0.15, 0.2) is 0 Å². The van der Waals surface area contributed by atoms with Crippen LogP contribution >= 0.6 is 50.7 Å². The highest BCUT2D eigenvalue weighted by atomic mass is 79.9. The second-order valence-electron chi connectivity index (χ2n) is 8.32. The van der Waals surface area contributed by atoms with Crippen LogP contribution in [0.1, 0.15) is 54.1 Å². The fourth-order valence-corrected chi connectivity index (χ4v) is 4.43. The lowest BCUT2D eigenvalue weighted by molar-refractivity contribution is -0.144. The third kappa shape index (κ3) is 9.36. The molecule has 0 spiro atoms. The largest absolute Gasteiger partial charge is 0.389 e. The molecule has 0 fully saturated rings. The Labute approximate surface area is 237 Å². The lowest BCUT2D eigenvalue weighted by Crippen LogP contribution is -2.46. The lowest BCUT2D eigenvalue weighted by atomic mass is 9.92. The summed E-state index contributed by atoms with van der Waals surface area (Å²) in [5.74, 6) is -7.87. The monoisotopic (exact) mass is 666 g/mol. The van der Waals surface area contributed by atoms with Gasteiger partial charge in [0.2, 0.25) is 5.91 Å². The Morgan fingerprint density at radius 3 is 2.11 bits per heavy atom. The van der Waals surface area contributed by atoms with Crippen LogP contribution in [0.3, 0.4) is 0 Å². The van der Waals surface area contributed by atoms with Crippen molar-refractivity contribution in [2.45, 2.75) is 50.9 Å². The third-order valence-corrected chi connectivity index (χ3v) is 6.93. The van der Waals surface area contributed by atoms with Crippen molar-refractivity contribution in [1.82, 2.24) is 10.6 Å². The van der Waals surface area contributed by atoms with Crippen LogP contribution in [0.5, 0.6) is 0 Å². The SMILES string of the molecule is CC(NC(=O)CCC(F)(F)F)NC(=O)c1ccc(/C(F)=C/C(c2cc(Cl)c(Cl)c(Cl)c2)C(C)(F)F)cc1Br. The van der Waals surface area contributed by atoms with Gasteiger partial charge in [0.25, 0.3) is 11.8 Å². The van der Waals surface area contributed by atoms with Crippen LogP contribution in [0.2, 0.25) is 15.1 Å². The van der Waals surface area contributed by atoms with Gasteiger partial charge in [-0.25, -0.2) is 13.2 Å². The van der Waals surface area contributed by atoms with Crippen LogP contribution in [0.15, 0.2) is 40.9 Å². The topological polar surface area (TPSA) is 58.2 Å². The third-order valence-electron chi connectivity index (χ3n) is 5.07. The van der Waals surface area contributed by atoms with Gasteiger partial charge in [-0.15, -0.1) is 0 Å². The van der Waals surface area contributed by atoms with Crippen molar-refractivity contribution in [2.75, 3.05) is 0 Å². The molecule has 0 aliphatic carbocycles. The predicted octanol–water partition coefficient (Wildman–Crippen LogP) is 8.69. The Morgan fingerprint density at radius 1 is 1.03 bits per heavy atom. The quantitative estimate of drug-likeness (QED) is 0.160. The second kappa shape index (κ2) is 12.9. The zero-order valence-corrected chi connectivity index (χ0v) is 23.5. The van der Waals surface area contributed by atoms with Gasteiger partial charge in [0.1, 0.15) is 5.83 Å². The summed E-state index contributed by atoms with van der Waals surface area (Å²) in [7, 11) is 0. The second-order valence-corrected chi connectivity index (χ2v) is 10.4. The van der Waals surface area contributed by atoms with Gasteiger partial charge in [-0.1, -0.05) is 40.9 Å². The number of allylic oxidation sites excluding steroid dienone is 1. The summed E-state index contributed by atoms with van der Waals surface area (Å²) in [5, 5.41) is 4.39. The number of amides is 2. The molecule has 2 amide bonds. The first-order valence-corrected chi connectivity index (χ1v) is 12.7. The maximum absolute atomic E-state index is 15.1. The Balaban J connectivity index is 2.21. The van der Waals surface area contributed by atoms with Gasteiger partial charge in [-0.05, 0) is 58.8 Å². The number of carbonyl (C=O) groups is 2. The molecule has 0 aliphatic heterocycles. The minimum Gasteiger partial charge on any atom is -0.336 e. The number of halogens is 10. The van der Waals surface area contributed by atoms with E-state index >= 15 is 4.39 Å². The highest BCUT2D eigenvalue weighted by molar-refractivity contribution is 9.10. The Kier molecular flexibility index (Phi) is 11.0. The Bertz CT molecular complexity index is 1210. The molecule has 2 rings (SSSR count). The molecule has 0 bridgehead atoms. The van der Waals surface area contributed by atoms with E-state index in [1.165, 1.54) is 25.1 Å². The summed E-state index contributed by atoms with van der Waals surface area (Å²) in [6, 6.07) is 5.88. The molecule has 0 heterocycles. The van der Waals surface area contributed by atoms with Crippen LogP contribution in [0, 0.1) is 0 Å². The molecule has 2 N–H and O–H groups in total. The van der Waals surface area contributed by atoms with E-state index in [-0.39, 0.29) is 36.2 Å². The molecule has 0 radical (unpaired) electrons. The lowest BCUT2D eigenvalue weighted by Gasteiger charge is -2.22. The number of hydrogen-bond donors (Lipinski definition) is 2. The number of hydrogen-bond acceptors (Lipinski definition) is 2. The minimum atomic E-state index is -4.50.